The van der Waals surface area contributed by atoms with E-state index in [1.54, 1.807) is 0 Å². The molecule has 96 valence electrons. The highest BCUT2D eigenvalue weighted by atomic mass is 127. The van der Waals surface area contributed by atoms with Crippen molar-refractivity contribution < 1.29 is 0 Å². The number of benzene rings is 2. The maximum atomic E-state index is 5.44. The summed E-state index contributed by atoms with van der Waals surface area (Å²) < 4.78 is 5.06. The number of hydrogen-bond donors (Lipinski definition) is 1. The smallest absolute Gasteiger partial charge is 0.182 e. The largest absolute Gasteiger partial charge is 0.330 e. The first-order chi connectivity index (χ1) is 9.06. The zero-order chi connectivity index (χ0) is 13.6. The fourth-order valence-electron chi connectivity index (χ4n) is 2.06. The molecule has 5 heteroatoms. The highest BCUT2D eigenvalue weighted by Crippen LogP contribution is 2.25. The van der Waals surface area contributed by atoms with E-state index >= 15 is 0 Å². The van der Waals surface area contributed by atoms with Crippen molar-refractivity contribution in [2.45, 2.75) is 6.92 Å². The van der Waals surface area contributed by atoms with Crippen LogP contribution in [0.15, 0.2) is 40.9 Å². The second-order valence-electron chi connectivity index (χ2n) is 4.36. The van der Waals surface area contributed by atoms with Gasteiger partial charge < -0.3 is 4.98 Å². The Morgan fingerprint density at radius 1 is 1.21 bits per heavy atom. The van der Waals surface area contributed by atoms with Crippen molar-refractivity contribution in [2.75, 3.05) is 0 Å². The van der Waals surface area contributed by atoms with Crippen LogP contribution in [0.5, 0.6) is 0 Å². The highest BCUT2D eigenvalue weighted by Gasteiger charge is 2.07. The summed E-state index contributed by atoms with van der Waals surface area (Å²) in [6.07, 6.45) is 0. The predicted molar refractivity (Wildman–Crippen MR) is 93.6 cm³/mol. The average molecular weight is 445 g/mol. The van der Waals surface area contributed by atoms with E-state index in [9.17, 15) is 0 Å². The van der Waals surface area contributed by atoms with Crippen molar-refractivity contribution >= 4 is 61.8 Å². The lowest BCUT2D eigenvalue weighted by Gasteiger charge is -2.07. The van der Waals surface area contributed by atoms with Crippen LogP contribution in [0.3, 0.4) is 0 Å². The van der Waals surface area contributed by atoms with E-state index in [2.05, 4.69) is 91.4 Å². The van der Waals surface area contributed by atoms with Crippen molar-refractivity contribution in [3.8, 4) is 5.69 Å². The van der Waals surface area contributed by atoms with E-state index in [1.165, 1.54) is 9.13 Å². The summed E-state index contributed by atoms with van der Waals surface area (Å²) in [6, 6.07) is 12.6. The van der Waals surface area contributed by atoms with Gasteiger partial charge in [0.2, 0.25) is 0 Å². The van der Waals surface area contributed by atoms with Gasteiger partial charge in [0, 0.05) is 13.7 Å². The maximum Gasteiger partial charge on any atom is 0.182 e. The summed E-state index contributed by atoms with van der Waals surface area (Å²) in [5, 5.41) is 0. The number of hydrogen-bond acceptors (Lipinski definition) is 1. The van der Waals surface area contributed by atoms with E-state index in [0.29, 0.717) is 4.77 Å². The molecule has 0 saturated heterocycles. The maximum absolute atomic E-state index is 5.44. The summed E-state index contributed by atoms with van der Waals surface area (Å²) >= 11 is 11.3. The van der Waals surface area contributed by atoms with Crippen LogP contribution in [0.1, 0.15) is 5.56 Å². The Morgan fingerprint density at radius 2 is 2.00 bits per heavy atom. The third-order valence-corrected chi connectivity index (χ3v) is 4.87. The zero-order valence-corrected chi connectivity index (χ0v) is 14.6. The normalized spacial score (nSPS) is 11.1. The molecule has 19 heavy (non-hydrogen) atoms. The van der Waals surface area contributed by atoms with Gasteiger partial charge in [-0.1, -0.05) is 22.0 Å². The SMILES string of the molecule is Cc1ccc(-n2c(=S)[nH]c3cc(I)ccc32)cc1Br. The van der Waals surface area contributed by atoms with E-state index < -0.39 is 0 Å². The highest BCUT2D eigenvalue weighted by molar-refractivity contribution is 14.1. The first-order valence-electron chi connectivity index (χ1n) is 5.73. The Morgan fingerprint density at radius 3 is 2.74 bits per heavy atom. The molecule has 1 aromatic heterocycles. The first-order valence-corrected chi connectivity index (χ1v) is 8.01. The molecule has 0 spiro atoms. The van der Waals surface area contributed by atoms with E-state index in [-0.39, 0.29) is 0 Å². The van der Waals surface area contributed by atoms with Crippen molar-refractivity contribution in [3.05, 3.63) is 54.8 Å². The summed E-state index contributed by atoms with van der Waals surface area (Å²) in [7, 11) is 0. The molecule has 0 fully saturated rings. The third-order valence-electron chi connectivity index (χ3n) is 3.06. The number of aryl methyl sites for hydroxylation is 1. The third kappa shape index (κ3) is 2.39. The molecule has 0 saturated carbocycles. The average Bonchev–Trinajstić information content (AvgIpc) is 2.68. The van der Waals surface area contributed by atoms with Gasteiger partial charge in [0.25, 0.3) is 0 Å². The number of fused-ring (bicyclic) bond motifs is 1. The molecule has 0 bridgehead atoms. The fourth-order valence-corrected chi connectivity index (χ4v) is 3.23. The van der Waals surface area contributed by atoms with Gasteiger partial charge in [-0.25, -0.2) is 0 Å². The van der Waals surface area contributed by atoms with Gasteiger partial charge in [0.1, 0.15) is 0 Å². The topological polar surface area (TPSA) is 20.7 Å². The molecule has 1 heterocycles. The molecule has 2 nitrogen and oxygen atoms in total. The summed E-state index contributed by atoms with van der Waals surface area (Å²) in [5.41, 5.74) is 4.44. The van der Waals surface area contributed by atoms with Gasteiger partial charge in [0.15, 0.2) is 4.77 Å². The number of H-pyrrole nitrogens is 1. The Balaban J connectivity index is 2.32. The Labute approximate surface area is 138 Å². The Hall–Kier alpha value is -0.660. The number of imidazole rings is 1. The minimum absolute atomic E-state index is 0.716. The van der Waals surface area contributed by atoms with Crippen LogP contribution in [0.4, 0.5) is 0 Å². The fraction of sp³-hybridized carbons (Fsp3) is 0.0714. The molecule has 1 N–H and O–H groups in total. The monoisotopic (exact) mass is 444 g/mol. The zero-order valence-electron chi connectivity index (χ0n) is 10.1. The van der Waals surface area contributed by atoms with Crippen LogP contribution in [0.2, 0.25) is 0 Å². The Bertz CT molecular complexity index is 835. The van der Waals surface area contributed by atoms with Crippen LogP contribution in [0.25, 0.3) is 16.7 Å². The van der Waals surface area contributed by atoms with Gasteiger partial charge >= 0.3 is 0 Å². The molecule has 0 unspecified atom stereocenters. The molecular formula is C14H10BrIN2S. The first kappa shape index (κ1) is 13.3. The summed E-state index contributed by atoms with van der Waals surface area (Å²) in [6.45, 7) is 2.07. The Kier molecular flexibility index (Phi) is 3.53. The van der Waals surface area contributed by atoms with Crippen molar-refractivity contribution in [2.24, 2.45) is 0 Å². The quantitative estimate of drug-likeness (QED) is 0.395. The number of nitrogens with one attached hydrogen (secondary N) is 1. The molecule has 3 rings (SSSR count). The lowest BCUT2D eigenvalue weighted by atomic mass is 10.2. The molecule has 0 aliphatic rings. The van der Waals surface area contributed by atoms with Crippen LogP contribution in [-0.2, 0) is 0 Å². The molecule has 3 aromatic rings. The van der Waals surface area contributed by atoms with Gasteiger partial charge in [-0.2, -0.15) is 0 Å². The number of rotatable bonds is 1. The van der Waals surface area contributed by atoms with Crippen LogP contribution in [-0.4, -0.2) is 9.55 Å². The van der Waals surface area contributed by atoms with E-state index in [1.807, 2.05) is 0 Å². The second kappa shape index (κ2) is 5.03. The molecule has 0 amide bonds. The van der Waals surface area contributed by atoms with E-state index in [0.717, 1.165) is 21.2 Å². The molecular weight excluding hydrogens is 435 g/mol. The van der Waals surface area contributed by atoms with Gasteiger partial charge in [-0.15, -0.1) is 0 Å². The lowest BCUT2D eigenvalue weighted by Crippen LogP contribution is -1.94. The minimum atomic E-state index is 0.716. The molecule has 0 radical (unpaired) electrons. The number of halogens is 2. The standard InChI is InChI=1S/C14H10BrIN2S/c1-8-2-4-10(7-11(8)15)18-13-5-3-9(16)6-12(13)17-14(18)19/h2-7H,1H3,(H,17,19). The number of nitrogens with zero attached hydrogens (tertiary/aromatic N) is 1. The van der Waals surface area contributed by atoms with E-state index in [4.69, 9.17) is 12.2 Å². The lowest BCUT2D eigenvalue weighted by molar-refractivity contribution is 1.06. The minimum Gasteiger partial charge on any atom is -0.330 e. The van der Waals surface area contributed by atoms with Gasteiger partial charge in [-0.05, 0) is 77.6 Å². The molecule has 0 aliphatic heterocycles. The predicted octanol–water partition coefficient (Wildman–Crippen LogP) is 5.36. The van der Waals surface area contributed by atoms with Crippen molar-refractivity contribution in [1.29, 1.82) is 0 Å². The van der Waals surface area contributed by atoms with Crippen LogP contribution < -0.4 is 0 Å². The molecule has 2 aromatic carbocycles. The van der Waals surface area contributed by atoms with Gasteiger partial charge in [0.05, 0.1) is 11.0 Å². The molecule has 0 atom stereocenters. The molecule has 0 aliphatic carbocycles. The van der Waals surface area contributed by atoms with Crippen molar-refractivity contribution in [1.82, 2.24) is 9.55 Å². The van der Waals surface area contributed by atoms with Crippen molar-refractivity contribution in [3.63, 3.8) is 0 Å². The number of aromatic amines is 1. The summed E-state index contributed by atoms with van der Waals surface area (Å²) in [4.78, 5) is 3.26. The number of aromatic nitrogens is 2. The summed E-state index contributed by atoms with van der Waals surface area (Å²) in [5.74, 6) is 0. The van der Waals surface area contributed by atoms with Crippen LogP contribution >= 0.6 is 50.7 Å². The van der Waals surface area contributed by atoms with Gasteiger partial charge in [-0.3, -0.25) is 4.57 Å². The second-order valence-corrected chi connectivity index (χ2v) is 6.85. The van der Waals surface area contributed by atoms with Crippen LogP contribution in [0, 0.1) is 15.3 Å².